The first-order chi connectivity index (χ1) is 12.1. The number of aromatic amines is 1. The van der Waals surface area contributed by atoms with E-state index in [1.165, 1.54) is 6.07 Å². The molecule has 0 fully saturated rings. The number of furan rings is 1. The van der Waals surface area contributed by atoms with E-state index >= 15 is 0 Å². The lowest BCUT2D eigenvalue weighted by atomic mass is 10.1. The Morgan fingerprint density at radius 3 is 2.88 bits per heavy atom. The highest BCUT2D eigenvalue weighted by Crippen LogP contribution is 2.29. The molecule has 126 valence electrons. The molecular formula is C16H11BrFN5O2. The summed E-state index contributed by atoms with van der Waals surface area (Å²) in [6.45, 7) is 0.281. The van der Waals surface area contributed by atoms with Crippen LogP contribution in [0.25, 0.3) is 22.6 Å². The van der Waals surface area contributed by atoms with Crippen LogP contribution in [0.5, 0.6) is 5.75 Å². The molecule has 0 aliphatic carbocycles. The first-order valence-corrected chi connectivity index (χ1v) is 8.08. The van der Waals surface area contributed by atoms with Crippen LogP contribution >= 0.6 is 15.9 Å². The highest BCUT2D eigenvalue weighted by Gasteiger charge is 2.13. The number of nitrogens with zero attached hydrogens (tertiary/aromatic N) is 3. The zero-order valence-corrected chi connectivity index (χ0v) is 14.2. The highest BCUT2D eigenvalue weighted by molar-refractivity contribution is 9.10. The Balaban J connectivity index is 1.60. The zero-order valence-electron chi connectivity index (χ0n) is 12.6. The average molecular weight is 404 g/mol. The number of phenols is 1. The number of halogens is 2. The normalized spacial score (nSPS) is 11.1. The van der Waals surface area contributed by atoms with E-state index in [9.17, 15) is 9.50 Å². The fourth-order valence-electron chi connectivity index (χ4n) is 2.44. The van der Waals surface area contributed by atoms with Gasteiger partial charge in [0.2, 0.25) is 5.82 Å². The largest absolute Gasteiger partial charge is 0.507 e. The molecule has 0 atom stereocenters. The van der Waals surface area contributed by atoms with Crippen molar-refractivity contribution in [2.75, 3.05) is 5.32 Å². The second-order valence-electron chi connectivity index (χ2n) is 5.36. The van der Waals surface area contributed by atoms with Crippen LogP contribution in [0.15, 0.2) is 45.3 Å². The first kappa shape index (κ1) is 15.6. The molecule has 7 nitrogen and oxygen atoms in total. The first-order valence-electron chi connectivity index (χ1n) is 7.28. The van der Waals surface area contributed by atoms with Crippen LogP contribution in [0, 0.1) is 5.82 Å². The molecule has 0 aliphatic rings. The van der Waals surface area contributed by atoms with Gasteiger partial charge in [-0.05, 0) is 56.7 Å². The fourth-order valence-corrected chi connectivity index (χ4v) is 2.82. The quantitative estimate of drug-likeness (QED) is 0.447. The van der Waals surface area contributed by atoms with Crippen LogP contribution in [-0.4, -0.2) is 25.7 Å². The molecule has 9 heteroatoms. The van der Waals surface area contributed by atoms with Gasteiger partial charge >= 0.3 is 0 Å². The van der Waals surface area contributed by atoms with Crippen LogP contribution in [0.2, 0.25) is 0 Å². The number of rotatable bonds is 4. The van der Waals surface area contributed by atoms with E-state index in [0.29, 0.717) is 27.2 Å². The molecule has 3 N–H and O–H groups in total. The van der Waals surface area contributed by atoms with Crippen molar-refractivity contribution in [2.24, 2.45) is 0 Å². The molecule has 0 unspecified atom stereocenters. The minimum atomic E-state index is -0.380. The predicted molar refractivity (Wildman–Crippen MR) is 92.5 cm³/mol. The average Bonchev–Trinajstić information content (AvgIpc) is 3.24. The van der Waals surface area contributed by atoms with Gasteiger partial charge in [-0.15, -0.1) is 5.10 Å². The second-order valence-corrected chi connectivity index (χ2v) is 6.22. The van der Waals surface area contributed by atoms with E-state index in [4.69, 9.17) is 4.42 Å². The van der Waals surface area contributed by atoms with Crippen LogP contribution in [0.3, 0.4) is 0 Å². The Bertz CT molecular complexity index is 1050. The van der Waals surface area contributed by atoms with Gasteiger partial charge in [0.25, 0.3) is 0 Å². The summed E-state index contributed by atoms with van der Waals surface area (Å²) < 4.78 is 20.5. The number of fused-ring (bicyclic) bond motifs is 1. The highest BCUT2D eigenvalue weighted by atomic mass is 79.9. The minimum absolute atomic E-state index is 0.144. The van der Waals surface area contributed by atoms with Gasteiger partial charge in [0, 0.05) is 29.2 Å². The third-order valence-corrected chi connectivity index (χ3v) is 4.33. The molecule has 0 aliphatic heterocycles. The van der Waals surface area contributed by atoms with Crippen molar-refractivity contribution in [1.82, 2.24) is 20.6 Å². The molecule has 4 rings (SSSR count). The number of aromatic hydroxyl groups is 1. The molecule has 25 heavy (non-hydrogen) atoms. The number of aromatic nitrogens is 4. The Labute approximate surface area is 149 Å². The third-order valence-electron chi connectivity index (χ3n) is 3.69. The SMILES string of the molecule is Oc1ccc(NCc2cc3cc(-c4nnn[nH]4)oc3cc2F)cc1Br. The third kappa shape index (κ3) is 3.05. The summed E-state index contributed by atoms with van der Waals surface area (Å²) in [5, 5.41) is 26.7. The molecule has 2 aromatic carbocycles. The van der Waals surface area contributed by atoms with Gasteiger partial charge in [-0.2, -0.15) is 0 Å². The number of hydrogen-bond donors (Lipinski definition) is 3. The van der Waals surface area contributed by atoms with E-state index in [-0.39, 0.29) is 18.1 Å². The number of tetrazole rings is 1. The molecule has 0 saturated carbocycles. The lowest BCUT2D eigenvalue weighted by molar-refractivity contribution is 0.472. The molecule has 4 aromatic rings. The molecule has 0 radical (unpaired) electrons. The van der Waals surface area contributed by atoms with Gasteiger partial charge in [0.1, 0.15) is 17.1 Å². The Hall–Kier alpha value is -2.94. The Morgan fingerprint density at radius 1 is 1.24 bits per heavy atom. The van der Waals surface area contributed by atoms with E-state index in [1.807, 2.05) is 0 Å². The van der Waals surface area contributed by atoms with Crippen molar-refractivity contribution < 1.29 is 13.9 Å². The van der Waals surface area contributed by atoms with Crippen LogP contribution in [0.4, 0.5) is 10.1 Å². The molecule has 2 aromatic heterocycles. The van der Waals surface area contributed by atoms with Crippen molar-refractivity contribution in [3.05, 3.63) is 52.3 Å². The maximum atomic E-state index is 14.3. The summed E-state index contributed by atoms with van der Waals surface area (Å²) >= 11 is 3.25. The van der Waals surface area contributed by atoms with Gasteiger partial charge < -0.3 is 14.8 Å². The minimum Gasteiger partial charge on any atom is -0.507 e. The van der Waals surface area contributed by atoms with Crippen molar-refractivity contribution in [2.45, 2.75) is 6.54 Å². The van der Waals surface area contributed by atoms with E-state index < -0.39 is 0 Å². The van der Waals surface area contributed by atoms with Crippen molar-refractivity contribution >= 4 is 32.6 Å². The summed E-state index contributed by atoms with van der Waals surface area (Å²) in [5.74, 6) is 0.581. The molecule has 0 saturated heterocycles. The van der Waals surface area contributed by atoms with E-state index in [0.717, 1.165) is 11.1 Å². The second kappa shape index (κ2) is 6.17. The van der Waals surface area contributed by atoms with Crippen molar-refractivity contribution in [3.8, 4) is 17.3 Å². The number of phenolic OH excluding ortho intramolecular Hbond substituents is 1. The maximum Gasteiger partial charge on any atom is 0.215 e. The molecular weight excluding hydrogens is 393 g/mol. The topological polar surface area (TPSA) is 99.9 Å². The summed E-state index contributed by atoms with van der Waals surface area (Å²) in [5.41, 5.74) is 1.66. The number of benzene rings is 2. The summed E-state index contributed by atoms with van der Waals surface area (Å²) in [7, 11) is 0. The lowest BCUT2D eigenvalue weighted by Gasteiger charge is -2.08. The van der Waals surface area contributed by atoms with Crippen LogP contribution < -0.4 is 5.32 Å². The summed E-state index contributed by atoms with van der Waals surface area (Å²) in [6, 6.07) is 9.79. The molecule has 0 bridgehead atoms. The maximum absolute atomic E-state index is 14.3. The number of nitrogens with one attached hydrogen (secondary N) is 2. The van der Waals surface area contributed by atoms with Crippen LogP contribution in [-0.2, 0) is 6.54 Å². The van der Waals surface area contributed by atoms with Gasteiger partial charge in [0.15, 0.2) is 5.76 Å². The molecule has 2 heterocycles. The smallest absolute Gasteiger partial charge is 0.215 e. The fraction of sp³-hybridized carbons (Fsp3) is 0.0625. The molecule has 0 amide bonds. The van der Waals surface area contributed by atoms with E-state index in [2.05, 4.69) is 41.9 Å². The monoisotopic (exact) mass is 403 g/mol. The number of hydrogen-bond acceptors (Lipinski definition) is 6. The Morgan fingerprint density at radius 2 is 2.12 bits per heavy atom. The molecule has 0 spiro atoms. The van der Waals surface area contributed by atoms with Gasteiger partial charge in [-0.3, -0.25) is 0 Å². The van der Waals surface area contributed by atoms with Gasteiger partial charge in [-0.1, -0.05) is 0 Å². The van der Waals surface area contributed by atoms with Crippen molar-refractivity contribution in [3.63, 3.8) is 0 Å². The Kier molecular flexibility index (Phi) is 3.85. The summed E-state index contributed by atoms with van der Waals surface area (Å²) in [4.78, 5) is 0. The van der Waals surface area contributed by atoms with Gasteiger partial charge in [-0.25, -0.2) is 9.49 Å². The number of anilines is 1. The summed E-state index contributed by atoms with van der Waals surface area (Å²) in [6.07, 6.45) is 0. The van der Waals surface area contributed by atoms with Crippen LogP contribution in [0.1, 0.15) is 5.56 Å². The number of H-pyrrole nitrogens is 1. The van der Waals surface area contributed by atoms with E-state index in [1.54, 1.807) is 30.3 Å². The van der Waals surface area contributed by atoms with Gasteiger partial charge in [0.05, 0.1) is 4.47 Å². The van der Waals surface area contributed by atoms with Crippen molar-refractivity contribution in [1.29, 1.82) is 0 Å². The standard InChI is InChI=1S/C16H11BrFN5O2/c17-11-5-10(1-2-13(11)24)19-7-9-3-8-4-15(16-20-22-23-21-16)25-14(8)6-12(9)18/h1-6,19,24H,7H2,(H,20,21,22,23). The predicted octanol–water partition coefficient (Wildman–Crippen LogP) is 3.83. The zero-order chi connectivity index (χ0) is 17.4. The lowest BCUT2D eigenvalue weighted by Crippen LogP contribution is -2.01.